The molecule has 0 spiro atoms. The van der Waals surface area contributed by atoms with E-state index in [-0.39, 0.29) is 11.5 Å². The molecule has 0 saturated heterocycles. The minimum atomic E-state index is -0.152. The van der Waals surface area contributed by atoms with E-state index in [1.54, 1.807) is 21.6 Å². The average Bonchev–Trinajstić information content (AvgIpc) is 3.07. The first-order chi connectivity index (χ1) is 15.6. The Kier molecular flexibility index (Phi) is 4.94. The number of rotatable bonds is 4. The van der Waals surface area contributed by atoms with Gasteiger partial charge in [0, 0.05) is 12.1 Å². The van der Waals surface area contributed by atoms with E-state index < -0.39 is 0 Å². The molecule has 5 nitrogen and oxygen atoms in total. The zero-order valence-corrected chi connectivity index (χ0v) is 18.1. The quantitative estimate of drug-likeness (QED) is 0.436. The van der Waals surface area contributed by atoms with Gasteiger partial charge in [0.2, 0.25) is 0 Å². The van der Waals surface area contributed by atoms with Crippen LogP contribution in [-0.4, -0.2) is 22.0 Å². The molecule has 158 valence electrons. The van der Waals surface area contributed by atoms with Crippen molar-refractivity contribution in [2.24, 2.45) is 0 Å². The topological polar surface area (TPSA) is 55.2 Å². The molecular weight excluding hydrogens is 398 g/mol. The highest BCUT2D eigenvalue weighted by Crippen LogP contribution is 2.37. The van der Waals surface area contributed by atoms with Gasteiger partial charge in [0.25, 0.3) is 11.5 Å². The molecule has 2 heterocycles. The van der Waals surface area contributed by atoms with Crippen molar-refractivity contribution in [1.29, 1.82) is 0 Å². The van der Waals surface area contributed by atoms with Gasteiger partial charge < -0.3 is 4.90 Å². The molecule has 1 amide bonds. The van der Waals surface area contributed by atoms with E-state index in [9.17, 15) is 9.59 Å². The molecule has 0 aliphatic carbocycles. The molecule has 1 aromatic heterocycles. The van der Waals surface area contributed by atoms with Crippen LogP contribution >= 0.6 is 0 Å². The maximum absolute atomic E-state index is 13.6. The normalized spacial score (nSPS) is 14.4. The van der Waals surface area contributed by atoms with Crippen LogP contribution in [0.25, 0.3) is 28.2 Å². The van der Waals surface area contributed by atoms with Gasteiger partial charge in [-0.05, 0) is 49.2 Å². The second kappa shape index (κ2) is 7.93. The third-order valence-electron chi connectivity index (χ3n) is 5.84. The Bertz CT molecular complexity index is 1450. The monoisotopic (exact) mass is 421 g/mol. The van der Waals surface area contributed by atoms with Crippen LogP contribution in [0.3, 0.4) is 0 Å². The van der Waals surface area contributed by atoms with Crippen LogP contribution < -0.4 is 10.5 Å². The number of fused-ring (bicyclic) bond motifs is 2. The molecular formula is C27H23N3O2. The Morgan fingerprint density at radius 3 is 2.34 bits per heavy atom. The van der Waals surface area contributed by atoms with Crippen molar-refractivity contribution < 1.29 is 4.79 Å². The Labute approximate surface area is 186 Å². The fourth-order valence-electron chi connectivity index (χ4n) is 4.31. The maximum Gasteiger partial charge on any atom is 0.266 e. The second-order valence-electron chi connectivity index (χ2n) is 7.95. The van der Waals surface area contributed by atoms with Crippen LogP contribution in [0.1, 0.15) is 30.3 Å². The summed E-state index contributed by atoms with van der Waals surface area (Å²) in [6, 6.07) is 22.8. The van der Waals surface area contributed by atoms with Gasteiger partial charge >= 0.3 is 0 Å². The summed E-state index contributed by atoms with van der Waals surface area (Å²) in [6.07, 6.45) is 2.62. The Morgan fingerprint density at radius 2 is 1.56 bits per heavy atom. The molecule has 0 fully saturated rings. The van der Waals surface area contributed by atoms with Crippen LogP contribution in [-0.2, 0) is 4.79 Å². The van der Waals surface area contributed by atoms with Crippen LogP contribution in [0.15, 0.2) is 77.6 Å². The molecule has 0 atom stereocenters. The van der Waals surface area contributed by atoms with Gasteiger partial charge in [-0.1, -0.05) is 55.5 Å². The first kappa shape index (κ1) is 19.9. The summed E-state index contributed by atoms with van der Waals surface area (Å²) in [7, 11) is 0. The molecule has 0 saturated carbocycles. The van der Waals surface area contributed by atoms with Crippen LogP contribution in [0.5, 0.6) is 0 Å². The summed E-state index contributed by atoms with van der Waals surface area (Å²) in [6.45, 7) is 4.66. The van der Waals surface area contributed by atoms with E-state index in [1.165, 1.54) is 0 Å². The van der Waals surface area contributed by atoms with Crippen LogP contribution in [0.2, 0.25) is 0 Å². The van der Waals surface area contributed by atoms with Crippen molar-refractivity contribution in [3.05, 3.63) is 100 Å². The zero-order valence-electron chi connectivity index (χ0n) is 18.1. The molecule has 5 rings (SSSR count). The highest BCUT2D eigenvalue weighted by molar-refractivity contribution is 6.35. The predicted molar refractivity (Wildman–Crippen MR) is 129 cm³/mol. The number of nitrogens with zero attached hydrogens (tertiary/aromatic N) is 3. The van der Waals surface area contributed by atoms with Crippen molar-refractivity contribution >= 4 is 34.1 Å². The molecule has 0 radical (unpaired) electrons. The van der Waals surface area contributed by atoms with E-state index in [4.69, 9.17) is 4.98 Å². The number of hydrogen-bond donors (Lipinski definition) is 0. The number of hydrogen-bond acceptors (Lipinski definition) is 3. The number of aromatic nitrogens is 2. The summed E-state index contributed by atoms with van der Waals surface area (Å²) in [5.74, 6) is 0.381. The van der Waals surface area contributed by atoms with Crippen molar-refractivity contribution in [3.63, 3.8) is 0 Å². The Hall–Kier alpha value is -3.99. The van der Waals surface area contributed by atoms with E-state index in [0.717, 1.165) is 28.9 Å². The van der Waals surface area contributed by atoms with E-state index in [2.05, 4.69) is 6.92 Å². The third-order valence-corrected chi connectivity index (χ3v) is 5.84. The molecule has 0 bridgehead atoms. The SMILES string of the molecule is CCCN1C(=O)C(=Cc2nc3ccccc3c(=O)n2-c2ccccc2C)c2ccccc21. The molecule has 32 heavy (non-hydrogen) atoms. The lowest BCUT2D eigenvalue weighted by Gasteiger charge is -2.15. The molecule has 1 aliphatic heterocycles. The smallest absolute Gasteiger partial charge is 0.266 e. The van der Waals surface area contributed by atoms with Gasteiger partial charge in [0.15, 0.2) is 0 Å². The van der Waals surface area contributed by atoms with Crippen LogP contribution in [0.4, 0.5) is 5.69 Å². The molecule has 0 unspecified atom stereocenters. The summed E-state index contributed by atoms with van der Waals surface area (Å²) >= 11 is 0. The highest BCUT2D eigenvalue weighted by atomic mass is 16.2. The minimum Gasteiger partial charge on any atom is -0.308 e. The third kappa shape index (κ3) is 3.14. The van der Waals surface area contributed by atoms with Gasteiger partial charge in [-0.15, -0.1) is 0 Å². The van der Waals surface area contributed by atoms with Gasteiger partial charge in [-0.2, -0.15) is 0 Å². The first-order valence-electron chi connectivity index (χ1n) is 10.8. The lowest BCUT2D eigenvalue weighted by Crippen LogP contribution is -2.27. The largest absolute Gasteiger partial charge is 0.308 e. The van der Waals surface area contributed by atoms with Crippen molar-refractivity contribution in [1.82, 2.24) is 9.55 Å². The Morgan fingerprint density at radius 1 is 0.875 bits per heavy atom. The molecule has 5 heteroatoms. The fraction of sp³-hybridized carbons (Fsp3) is 0.148. The summed E-state index contributed by atoms with van der Waals surface area (Å²) in [4.78, 5) is 33.5. The number of para-hydroxylation sites is 3. The zero-order chi connectivity index (χ0) is 22.2. The van der Waals surface area contributed by atoms with Gasteiger partial charge in [0.05, 0.1) is 27.9 Å². The van der Waals surface area contributed by atoms with Crippen molar-refractivity contribution in [2.75, 3.05) is 11.4 Å². The predicted octanol–water partition coefficient (Wildman–Crippen LogP) is 4.99. The number of anilines is 1. The van der Waals surface area contributed by atoms with Crippen molar-refractivity contribution in [3.8, 4) is 5.69 Å². The molecule has 0 N–H and O–H groups in total. The highest BCUT2D eigenvalue weighted by Gasteiger charge is 2.32. The number of aryl methyl sites for hydroxylation is 1. The maximum atomic E-state index is 13.6. The number of carbonyl (C=O) groups excluding carboxylic acids is 1. The van der Waals surface area contributed by atoms with E-state index >= 15 is 0 Å². The van der Waals surface area contributed by atoms with E-state index in [1.807, 2.05) is 73.7 Å². The first-order valence-corrected chi connectivity index (χ1v) is 10.8. The van der Waals surface area contributed by atoms with E-state index in [0.29, 0.717) is 28.8 Å². The molecule has 1 aliphatic rings. The number of carbonyl (C=O) groups is 1. The minimum absolute atomic E-state index is 0.0632. The van der Waals surface area contributed by atoms with Crippen molar-refractivity contribution in [2.45, 2.75) is 20.3 Å². The summed E-state index contributed by atoms with van der Waals surface area (Å²) in [5.41, 5.74) is 4.49. The molecule has 3 aromatic carbocycles. The lowest BCUT2D eigenvalue weighted by molar-refractivity contribution is -0.113. The molecule has 4 aromatic rings. The summed E-state index contributed by atoms with van der Waals surface area (Å²) in [5, 5.41) is 0.545. The van der Waals surface area contributed by atoms with Gasteiger partial charge in [-0.25, -0.2) is 4.98 Å². The number of amides is 1. The standard InChI is InChI=1S/C27H23N3O2/c1-3-16-29-24-15-9-6-11-19(24)21(26(29)31)17-25-28-22-13-7-5-12-20(22)27(32)30(25)23-14-8-4-10-18(23)2/h4-15,17H,3,16H2,1-2H3. The Balaban J connectivity index is 1.81. The second-order valence-corrected chi connectivity index (χ2v) is 7.95. The lowest BCUT2D eigenvalue weighted by atomic mass is 10.1. The fourth-order valence-corrected chi connectivity index (χ4v) is 4.31. The summed E-state index contributed by atoms with van der Waals surface area (Å²) < 4.78 is 1.61. The van der Waals surface area contributed by atoms with Crippen LogP contribution in [0, 0.1) is 6.92 Å². The van der Waals surface area contributed by atoms with Gasteiger partial charge in [-0.3, -0.25) is 14.2 Å². The van der Waals surface area contributed by atoms with Gasteiger partial charge in [0.1, 0.15) is 5.82 Å². The number of benzene rings is 3. The average molecular weight is 422 g/mol.